The lowest BCUT2D eigenvalue weighted by molar-refractivity contribution is -0.914. The summed E-state index contributed by atoms with van der Waals surface area (Å²) in [5.74, 6) is -0.333. The minimum Gasteiger partial charge on any atom is -0.456 e. The fourth-order valence-corrected chi connectivity index (χ4v) is 2.11. The van der Waals surface area contributed by atoms with Gasteiger partial charge in [-0.15, -0.1) is 0 Å². The molecule has 0 saturated heterocycles. The Balaban J connectivity index is 2.68. The van der Waals surface area contributed by atoms with Crippen LogP contribution in [0.5, 0.6) is 0 Å². The van der Waals surface area contributed by atoms with Crippen molar-refractivity contribution < 1.29 is 14.0 Å². The van der Waals surface area contributed by atoms with Gasteiger partial charge >= 0.3 is 5.97 Å². The van der Waals surface area contributed by atoms with Gasteiger partial charge < -0.3 is 9.22 Å². The van der Waals surface area contributed by atoms with Crippen molar-refractivity contribution in [2.75, 3.05) is 27.2 Å². The number of quaternary nitrogens is 1. The highest BCUT2D eigenvalue weighted by atomic mass is 16.5. The number of hydrogen-bond acceptors (Lipinski definition) is 2. The second-order valence-electron chi connectivity index (χ2n) is 5.51. The van der Waals surface area contributed by atoms with Gasteiger partial charge in [-0.3, -0.25) is 0 Å². The molecule has 108 valence electrons. The van der Waals surface area contributed by atoms with Crippen molar-refractivity contribution in [1.29, 1.82) is 0 Å². The van der Waals surface area contributed by atoms with Crippen LogP contribution in [0.3, 0.4) is 0 Å². The summed E-state index contributed by atoms with van der Waals surface area (Å²) in [5.41, 5.74) is 1.64. The fraction of sp³-hybridized carbons (Fsp3) is 0.353. The molecule has 20 heavy (non-hydrogen) atoms. The number of benzene rings is 1. The van der Waals surface area contributed by atoms with E-state index in [1.807, 2.05) is 24.3 Å². The van der Waals surface area contributed by atoms with Crippen LogP contribution in [0.15, 0.2) is 55.1 Å². The summed E-state index contributed by atoms with van der Waals surface area (Å²) in [5, 5.41) is 0. The third-order valence-corrected chi connectivity index (χ3v) is 3.37. The van der Waals surface area contributed by atoms with Crippen molar-refractivity contribution in [2.45, 2.75) is 13.0 Å². The van der Waals surface area contributed by atoms with E-state index in [1.165, 1.54) is 5.56 Å². The molecule has 0 bridgehead atoms. The van der Waals surface area contributed by atoms with Gasteiger partial charge in [-0.25, -0.2) is 4.79 Å². The average Bonchev–Trinajstić information content (AvgIpc) is 2.40. The Labute approximate surface area is 121 Å². The fourth-order valence-electron chi connectivity index (χ4n) is 2.11. The van der Waals surface area contributed by atoms with Crippen molar-refractivity contribution in [3.05, 3.63) is 60.7 Å². The molecule has 3 heteroatoms. The van der Waals surface area contributed by atoms with Gasteiger partial charge in [-0.2, -0.15) is 0 Å². The maximum absolute atomic E-state index is 11.4. The molecular formula is C17H24NO2+. The number of ether oxygens (including phenoxy) is 1. The van der Waals surface area contributed by atoms with E-state index in [9.17, 15) is 4.79 Å². The first-order valence-electron chi connectivity index (χ1n) is 6.71. The summed E-state index contributed by atoms with van der Waals surface area (Å²) < 4.78 is 5.86. The zero-order valence-corrected chi connectivity index (χ0v) is 12.6. The summed E-state index contributed by atoms with van der Waals surface area (Å²) in [6.07, 6.45) is 1.94. The van der Waals surface area contributed by atoms with Gasteiger partial charge in [0.25, 0.3) is 0 Å². The largest absolute Gasteiger partial charge is 0.456 e. The first kappa shape index (κ1) is 16.2. The normalized spacial score (nSPS) is 12.6. The predicted molar refractivity (Wildman–Crippen MR) is 82.1 cm³/mol. The third kappa shape index (κ3) is 4.35. The molecule has 1 rings (SSSR count). The highest BCUT2D eigenvalue weighted by Crippen LogP contribution is 2.25. The number of esters is 1. The van der Waals surface area contributed by atoms with Gasteiger partial charge in [-0.1, -0.05) is 43.5 Å². The first-order valence-corrected chi connectivity index (χ1v) is 6.71. The number of rotatable bonds is 7. The summed E-state index contributed by atoms with van der Waals surface area (Å²) in [4.78, 5) is 11.4. The average molecular weight is 274 g/mol. The van der Waals surface area contributed by atoms with E-state index >= 15 is 0 Å². The van der Waals surface area contributed by atoms with Gasteiger partial charge in [0, 0.05) is 11.1 Å². The molecule has 0 saturated carbocycles. The van der Waals surface area contributed by atoms with Crippen molar-refractivity contribution in [3.63, 3.8) is 0 Å². The smallest absolute Gasteiger partial charge is 0.333 e. The molecule has 0 aliphatic rings. The summed E-state index contributed by atoms with van der Waals surface area (Å²) in [7, 11) is 4.21. The number of nitrogens with zero attached hydrogens (tertiary/aromatic N) is 1. The zero-order valence-electron chi connectivity index (χ0n) is 12.6. The molecule has 0 aromatic heterocycles. The van der Waals surface area contributed by atoms with Crippen LogP contribution in [0.2, 0.25) is 0 Å². The highest BCUT2D eigenvalue weighted by Gasteiger charge is 2.27. The van der Waals surface area contributed by atoms with Crippen LogP contribution in [-0.2, 0) is 9.53 Å². The van der Waals surface area contributed by atoms with Crippen molar-refractivity contribution >= 4 is 5.97 Å². The maximum atomic E-state index is 11.4. The van der Waals surface area contributed by atoms with Crippen molar-refractivity contribution in [3.8, 4) is 0 Å². The molecule has 0 aliphatic heterocycles. The number of likely N-dealkylation sites (N-methyl/N-ethyl adjacent to an activating group) is 1. The Bertz CT molecular complexity index is 477. The lowest BCUT2D eigenvalue weighted by atomic mass is 10.0. The SMILES string of the molecule is C=CC(c1ccccc1)[N+](C)(C)CCOC(=O)C(=C)C. The van der Waals surface area contributed by atoms with Crippen LogP contribution in [0, 0.1) is 0 Å². The van der Waals surface area contributed by atoms with Gasteiger partial charge in [0.15, 0.2) is 0 Å². The molecule has 0 spiro atoms. The van der Waals surface area contributed by atoms with Crippen LogP contribution in [0.4, 0.5) is 0 Å². The molecule has 0 aliphatic carbocycles. The topological polar surface area (TPSA) is 26.3 Å². The Morgan fingerprint density at radius 2 is 1.95 bits per heavy atom. The molecule has 1 aromatic carbocycles. The number of carbonyl (C=O) groups excluding carboxylic acids is 1. The van der Waals surface area contributed by atoms with Gasteiger partial charge in [0.05, 0.1) is 14.1 Å². The molecule has 0 heterocycles. The van der Waals surface area contributed by atoms with E-state index in [0.29, 0.717) is 23.2 Å². The molecule has 0 N–H and O–H groups in total. The first-order chi connectivity index (χ1) is 9.38. The standard InChI is InChI=1S/C17H24NO2/c1-6-16(15-10-8-7-9-11-15)18(4,5)12-13-20-17(19)14(2)3/h6-11,16H,1-2,12-13H2,3-5H3/q+1. The zero-order chi connectivity index (χ0) is 15.2. The Morgan fingerprint density at radius 3 is 2.45 bits per heavy atom. The van der Waals surface area contributed by atoms with Crippen LogP contribution in [-0.4, -0.2) is 37.7 Å². The second-order valence-corrected chi connectivity index (χ2v) is 5.51. The highest BCUT2D eigenvalue weighted by molar-refractivity contribution is 5.86. The molecular weight excluding hydrogens is 250 g/mol. The monoisotopic (exact) mass is 274 g/mol. The van der Waals surface area contributed by atoms with Gasteiger partial charge in [0.2, 0.25) is 0 Å². The Morgan fingerprint density at radius 1 is 1.35 bits per heavy atom. The third-order valence-electron chi connectivity index (χ3n) is 3.37. The van der Waals surface area contributed by atoms with Crippen molar-refractivity contribution in [1.82, 2.24) is 0 Å². The van der Waals surface area contributed by atoms with Crippen LogP contribution < -0.4 is 0 Å². The molecule has 0 amide bonds. The summed E-state index contributed by atoms with van der Waals surface area (Å²) >= 11 is 0. The van der Waals surface area contributed by atoms with E-state index in [-0.39, 0.29) is 12.0 Å². The van der Waals surface area contributed by atoms with E-state index in [1.54, 1.807) is 6.92 Å². The van der Waals surface area contributed by atoms with E-state index in [2.05, 4.69) is 39.4 Å². The lowest BCUT2D eigenvalue weighted by Gasteiger charge is -2.36. The predicted octanol–water partition coefficient (Wildman–Crippen LogP) is 3.11. The second kappa shape index (κ2) is 7.06. The van der Waals surface area contributed by atoms with Crippen LogP contribution in [0.25, 0.3) is 0 Å². The molecule has 0 radical (unpaired) electrons. The minimum atomic E-state index is -0.333. The molecule has 1 aromatic rings. The van der Waals surface area contributed by atoms with Crippen LogP contribution >= 0.6 is 0 Å². The molecule has 3 nitrogen and oxygen atoms in total. The summed E-state index contributed by atoms with van der Waals surface area (Å²) in [6.45, 7) is 10.2. The quantitative estimate of drug-likeness (QED) is 0.330. The summed E-state index contributed by atoms with van der Waals surface area (Å²) in [6, 6.07) is 10.4. The van der Waals surface area contributed by atoms with Gasteiger partial charge in [-0.05, 0) is 13.0 Å². The molecule has 0 fully saturated rings. The molecule has 1 unspecified atom stereocenters. The van der Waals surface area contributed by atoms with Crippen molar-refractivity contribution in [2.24, 2.45) is 0 Å². The van der Waals surface area contributed by atoms with Crippen LogP contribution in [0.1, 0.15) is 18.5 Å². The van der Waals surface area contributed by atoms with E-state index in [4.69, 9.17) is 4.74 Å². The maximum Gasteiger partial charge on any atom is 0.333 e. The molecule has 1 atom stereocenters. The Hall–Kier alpha value is -1.87. The minimum absolute atomic E-state index is 0.166. The lowest BCUT2D eigenvalue weighted by Crippen LogP contribution is -2.45. The Kier molecular flexibility index (Phi) is 5.71. The van der Waals surface area contributed by atoms with E-state index in [0.717, 1.165) is 0 Å². The number of hydrogen-bond donors (Lipinski definition) is 0. The van der Waals surface area contributed by atoms with E-state index < -0.39 is 0 Å². The van der Waals surface area contributed by atoms with Gasteiger partial charge in [0.1, 0.15) is 19.2 Å². The number of carbonyl (C=O) groups is 1.